The van der Waals surface area contributed by atoms with Crippen LogP contribution in [0.1, 0.15) is 6.92 Å². The summed E-state index contributed by atoms with van der Waals surface area (Å²) in [7, 11) is 0. The van der Waals surface area contributed by atoms with Gasteiger partial charge >= 0.3 is 5.97 Å². The highest BCUT2D eigenvalue weighted by molar-refractivity contribution is 5.67. The molecule has 0 aromatic rings. The number of aliphatic carboxylic acids is 1. The molecule has 0 rings (SSSR count). The van der Waals surface area contributed by atoms with E-state index in [2.05, 4.69) is 0 Å². The first kappa shape index (κ1) is 27.1. The minimum Gasteiger partial charge on any atom is -0.480 e. The standard InChI is InChI=1S/C18H36O10/c1-2-21-3-4-22-5-6-23-7-8-24-9-10-25-11-12-26-13-14-27-15-16-28-17-18(19)20/h2-17H2,1H3,(H,19,20). The molecule has 0 aliphatic rings. The summed E-state index contributed by atoms with van der Waals surface area (Å²) in [5.41, 5.74) is 0. The zero-order valence-corrected chi connectivity index (χ0v) is 16.9. The molecule has 10 heteroatoms. The summed E-state index contributed by atoms with van der Waals surface area (Å²) in [4.78, 5) is 10.2. The third-order valence-electron chi connectivity index (χ3n) is 3.03. The lowest BCUT2D eigenvalue weighted by Gasteiger charge is -2.08. The van der Waals surface area contributed by atoms with Crippen molar-refractivity contribution in [3.63, 3.8) is 0 Å². The molecule has 0 atom stereocenters. The van der Waals surface area contributed by atoms with E-state index in [4.69, 9.17) is 43.0 Å². The summed E-state index contributed by atoms with van der Waals surface area (Å²) in [6.07, 6.45) is 0. The van der Waals surface area contributed by atoms with E-state index in [1.807, 2.05) is 6.92 Å². The fourth-order valence-electron chi connectivity index (χ4n) is 1.74. The molecule has 0 amide bonds. The van der Waals surface area contributed by atoms with Crippen LogP contribution in [0.15, 0.2) is 0 Å². The van der Waals surface area contributed by atoms with Gasteiger partial charge in [0.1, 0.15) is 6.61 Å². The lowest BCUT2D eigenvalue weighted by molar-refractivity contribution is -0.142. The first-order valence-corrected chi connectivity index (χ1v) is 9.61. The first-order valence-electron chi connectivity index (χ1n) is 9.61. The molecule has 0 spiro atoms. The molecule has 0 fully saturated rings. The summed E-state index contributed by atoms with van der Waals surface area (Å²) in [5, 5.41) is 8.37. The van der Waals surface area contributed by atoms with Gasteiger partial charge in [0.15, 0.2) is 0 Å². The Labute approximate surface area is 167 Å². The molecule has 10 nitrogen and oxygen atoms in total. The van der Waals surface area contributed by atoms with Crippen molar-refractivity contribution >= 4 is 5.97 Å². The molecule has 0 aromatic carbocycles. The van der Waals surface area contributed by atoms with Crippen molar-refractivity contribution in [3.05, 3.63) is 0 Å². The number of rotatable bonds is 24. The number of ether oxygens (including phenoxy) is 8. The molecule has 0 aliphatic heterocycles. The predicted molar refractivity (Wildman–Crippen MR) is 99.9 cm³/mol. The highest BCUT2D eigenvalue weighted by Gasteiger charge is 1.96. The topological polar surface area (TPSA) is 111 Å². The molecule has 0 aromatic heterocycles. The smallest absolute Gasteiger partial charge is 0.329 e. The van der Waals surface area contributed by atoms with Crippen LogP contribution in [0.3, 0.4) is 0 Å². The number of hydrogen-bond donors (Lipinski definition) is 1. The maximum Gasteiger partial charge on any atom is 0.329 e. The Kier molecular flexibility index (Phi) is 23.5. The van der Waals surface area contributed by atoms with Crippen LogP contribution in [-0.4, -0.2) is 117 Å². The lowest BCUT2D eigenvalue weighted by Crippen LogP contribution is -2.15. The van der Waals surface area contributed by atoms with E-state index in [1.54, 1.807) is 0 Å². The van der Waals surface area contributed by atoms with E-state index >= 15 is 0 Å². The Balaban J connectivity index is 2.99. The highest BCUT2D eigenvalue weighted by atomic mass is 16.6. The summed E-state index contributed by atoms with van der Waals surface area (Å²) in [5.74, 6) is -0.989. The molecule has 0 heterocycles. The van der Waals surface area contributed by atoms with E-state index in [0.29, 0.717) is 92.5 Å². The summed E-state index contributed by atoms with van der Waals surface area (Å²) < 4.78 is 41.9. The SMILES string of the molecule is CCOCCOCCOCCOCCOCCOCCOCCOCC(=O)O. The summed E-state index contributed by atoms with van der Waals surface area (Å²) in [6, 6.07) is 0. The fraction of sp³-hybridized carbons (Fsp3) is 0.944. The van der Waals surface area contributed by atoms with Gasteiger partial charge in [-0.3, -0.25) is 0 Å². The number of carbonyl (C=O) groups is 1. The Morgan fingerprint density at radius 3 is 1.00 bits per heavy atom. The molecule has 1 N–H and O–H groups in total. The van der Waals surface area contributed by atoms with E-state index in [-0.39, 0.29) is 13.2 Å². The Bertz CT molecular complexity index is 317. The number of carboxylic acids is 1. The quantitative estimate of drug-likeness (QED) is 0.221. The number of carboxylic acid groups (broad SMARTS) is 1. The van der Waals surface area contributed by atoms with Crippen molar-refractivity contribution in [3.8, 4) is 0 Å². The van der Waals surface area contributed by atoms with Crippen molar-refractivity contribution < 1.29 is 47.8 Å². The van der Waals surface area contributed by atoms with Gasteiger partial charge in [0.25, 0.3) is 0 Å². The molecular formula is C18H36O10. The van der Waals surface area contributed by atoms with Gasteiger partial charge in [0.05, 0.1) is 92.5 Å². The van der Waals surface area contributed by atoms with Crippen molar-refractivity contribution in [2.75, 3.05) is 106 Å². The van der Waals surface area contributed by atoms with Crippen LogP contribution < -0.4 is 0 Å². The van der Waals surface area contributed by atoms with Gasteiger partial charge < -0.3 is 43.0 Å². The maximum atomic E-state index is 10.2. The van der Waals surface area contributed by atoms with Crippen molar-refractivity contribution in [2.24, 2.45) is 0 Å². The van der Waals surface area contributed by atoms with Crippen LogP contribution in [0.5, 0.6) is 0 Å². The lowest BCUT2D eigenvalue weighted by atomic mass is 10.6. The predicted octanol–water partition coefficient (Wildman–Crippen LogP) is 0.224. The monoisotopic (exact) mass is 412 g/mol. The molecule has 0 radical (unpaired) electrons. The van der Waals surface area contributed by atoms with Crippen molar-refractivity contribution in [1.82, 2.24) is 0 Å². The minimum absolute atomic E-state index is 0.253. The first-order chi connectivity index (χ1) is 13.8. The Morgan fingerprint density at radius 1 is 0.500 bits per heavy atom. The molecule has 168 valence electrons. The van der Waals surface area contributed by atoms with Gasteiger partial charge in [0, 0.05) is 6.61 Å². The van der Waals surface area contributed by atoms with Crippen LogP contribution in [0.2, 0.25) is 0 Å². The average molecular weight is 412 g/mol. The van der Waals surface area contributed by atoms with Gasteiger partial charge in [-0.25, -0.2) is 4.79 Å². The van der Waals surface area contributed by atoms with Crippen molar-refractivity contribution in [2.45, 2.75) is 6.92 Å². The Morgan fingerprint density at radius 2 is 0.750 bits per heavy atom. The van der Waals surface area contributed by atoms with Crippen LogP contribution in [0.4, 0.5) is 0 Å². The molecule has 28 heavy (non-hydrogen) atoms. The van der Waals surface area contributed by atoms with E-state index in [9.17, 15) is 4.79 Å². The van der Waals surface area contributed by atoms with Crippen LogP contribution >= 0.6 is 0 Å². The molecule has 0 bridgehead atoms. The third-order valence-corrected chi connectivity index (χ3v) is 3.03. The molecule has 0 saturated carbocycles. The van der Waals surface area contributed by atoms with Crippen LogP contribution in [0.25, 0.3) is 0 Å². The van der Waals surface area contributed by atoms with Crippen LogP contribution in [-0.2, 0) is 42.7 Å². The largest absolute Gasteiger partial charge is 0.480 e. The van der Waals surface area contributed by atoms with E-state index in [0.717, 1.165) is 0 Å². The molecular weight excluding hydrogens is 376 g/mol. The second kappa shape index (κ2) is 24.2. The van der Waals surface area contributed by atoms with Gasteiger partial charge in [-0.05, 0) is 6.92 Å². The molecule has 0 unspecified atom stereocenters. The highest BCUT2D eigenvalue weighted by Crippen LogP contribution is 1.85. The normalized spacial score (nSPS) is 11.2. The van der Waals surface area contributed by atoms with Gasteiger partial charge in [-0.2, -0.15) is 0 Å². The van der Waals surface area contributed by atoms with Crippen molar-refractivity contribution in [1.29, 1.82) is 0 Å². The summed E-state index contributed by atoms with van der Waals surface area (Å²) in [6.45, 7) is 9.15. The van der Waals surface area contributed by atoms with Gasteiger partial charge in [-0.1, -0.05) is 0 Å². The maximum absolute atomic E-state index is 10.2. The van der Waals surface area contributed by atoms with E-state index < -0.39 is 5.97 Å². The summed E-state index contributed by atoms with van der Waals surface area (Å²) >= 11 is 0. The zero-order chi connectivity index (χ0) is 20.5. The average Bonchev–Trinajstić information content (AvgIpc) is 2.68. The third kappa shape index (κ3) is 25.1. The van der Waals surface area contributed by atoms with E-state index in [1.165, 1.54) is 0 Å². The van der Waals surface area contributed by atoms with Gasteiger partial charge in [-0.15, -0.1) is 0 Å². The second-order valence-electron chi connectivity index (χ2n) is 5.32. The second-order valence-corrected chi connectivity index (χ2v) is 5.32. The fourth-order valence-corrected chi connectivity index (χ4v) is 1.74. The Hall–Kier alpha value is -0.850. The molecule has 0 aliphatic carbocycles. The van der Waals surface area contributed by atoms with Crippen LogP contribution in [0, 0.1) is 0 Å². The number of hydrogen-bond acceptors (Lipinski definition) is 9. The zero-order valence-electron chi connectivity index (χ0n) is 16.9. The molecule has 0 saturated heterocycles. The minimum atomic E-state index is -0.989. The van der Waals surface area contributed by atoms with Gasteiger partial charge in [0.2, 0.25) is 0 Å².